The van der Waals surface area contributed by atoms with E-state index in [-0.39, 0.29) is 0 Å². The minimum Gasteiger partial charge on any atom is -0.455 e. The molecule has 1 heterocycles. The first-order valence-corrected chi connectivity index (χ1v) is 22.8. The normalized spacial score (nSPS) is 12.4. The Morgan fingerprint density at radius 2 is 0.941 bits per heavy atom. The predicted octanol–water partition coefficient (Wildman–Crippen LogP) is 17.1. The summed E-state index contributed by atoms with van der Waals surface area (Å²) in [6, 6.07) is 79.3. The monoisotopic (exact) mass is 870 g/mol. The van der Waals surface area contributed by atoms with Crippen LogP contribution in [0.1, 0.15) is 38.9 Å². The van der Waals surface area contributed by atoms with Crippen LogP contribution in [0.15, 0.2) is 223 Å². The van der Waals surface area contributed by atoms with Crippen LogP contribution in [0.3, 0.4) is 0 Å². The number of para-hydroxylation sites is 1. The third-order valence-electron chi connectivity index (χ3n) is 13.7. The molecule has 1 aliphatic carbocycles. The van der Waals surface area contributed by atoms with E-state index >= 15 is 0 Å². The van der Waals surface area contributed by atoms with Gasteiger partial charge in [0.25, 0.3) is 0 Å². The minimum absolute atomic E-state index is 0.588. The zero-order valence-electron chi connectivity index (χ0n) is 37.5. The van der Waals surface area contributed by atoms with Crippen LogP contribution < -0.4 is 9.80 Å². The Morgan fingerprint density at radius 1 is 0.485 bits per heavy atom. The van der Waals surface area contributed by atoms with Gasteiger partial charge in [0.15, 0.2) is 5.69 Å². The molecule has 0 aliphatic heterocycles. The summed E-state index contributed by atoms with van der Waals surface area (Å²) in [5.41, 5.74) is 16.8. The quantitative estimate of drug-likeness (QED) is 0.143. The van der Waals surface area contributed by atoms with Gasteiger partial charge in [-0.2, -0.15) is 5.26 Å². The highest BCUT2D eigenvalue weighted by molar-refractivity contribution is 6.22. The number of hydrogen-bond donors (Lipinski definition) is 0. The second-order valence-electron chi connectivity index (χ2n) is 17.6. The second kappa shape index (κ2) is 16.1. The van der Waals surface area contributed by atoms with Crippen LogP contribution in [0, 0.1) is 31.8 Å². The number of aryl methyl sites for hydroxylation is 2. The van der Waals surface area contributed by atoms with Crippen LogP contribution in [0.25, 0.3) is 48.7 Å². The molecule has 0 spiro atoms. The SMILES string of the molecule is [C-]#[N+]c1ccc(N(c2ccc(C)cc2)c2cc3c(c4ccccc24)-c2c(cc(N(c4ccc(C)cc4)c4ccc(C#N)cc4)c4c2oc2ccccc24)C3(c2ccccc2)c2ccccc2)cc1. The molecule has 0 atom stereocenters. The fourth-order valence-electron chi connectivity index (χ4n) is 10.6. The molecule has 1 aliphatic rings. The lowest BCUT2D eigenvalue weighted by molar-refractivity contribution is 0.669. The van der Waals surface area contributed by atoms with Crippen LogP contribution in [-0.4, -0.2) is 0 Å². The zero-order valence-corrected chi connectivity index (χ0v) is 37.5. The van der Waals surface area contributed by atoms with Gasteiger partial charge in [-0.1, -0.05) is 151 Å². The summed E-state index contributed by atoms with van der Waals surface area (Å²) in [5.74, 6) is 0. The van der Waals surface area contributed by atoms with Gasteiger partial charge in [-0.25, -0.2) is 4.85 Å². The summed E-state index contributed by atoms with van der Waals surface area (Å²) in [4.78, 5) is 8.41. The van der Waals surface area contributed by atoms with Gasteiger partial charge in [0.05, 0.1) is 40.4 Å². The molecule has 0 saturated carbocycles. The molecule has 10 aromatic carbocycles. The average molecular weight is 871 g/mol. The maximum atomic E-state index is 9.93. The average Bonchev–Trinajstić information content (AvgIpc) is 3.93. The van der Waals surface area contributed by atoms with Crippen molar-refractivity contribution in [3.8, 4) is 17.2 Å². The highest BCUT2D eigenvalue weighted by atomic mass is 16.3. The van der Waals surface area contributed by atoms with Crippen molar-refractivity contribution in [2.45, 2.75) is 19.3 Å². The Labute approximate surface area is 395 Å². The molecule has 0 N–H and O–H groups in total. The van der Waals surface area contributed by atoms with Crippen molar-refractivity contribution < 1.29 is 4.42 Å². The van der Waals surface area contributed by atoms with Gasteiger partial charge in [0.1, 0.15) is 11.2 Å². The van der Waals surface area contributed by atoms with Crippen LogP contribution >= 0.6 is 0 Å². The summed E-state index contributed by atoms with van der Waals surface area (Å²) in [5, 5.41) is 14.1. The van der Waals surface area contributed by atoms with Crippen molar-refractivity contribution >= 4 is 72.5 Å². The van der Waals surface area contributed by atoms with Crippen LogP contribution in [0.2, 0.25) is 0 Å². The molecule has 1 aromatic heterocycles. The Kier molecular flexibility index (Phi) is 9.54. The number of nitriles is 1. The Hall–Kier alpha value is -9.16. The number of nitrogens with zero attached hydrogens (tertiary/aromatic N) is 4. The number of anilines is 6. The Bertz CT molecular complexity index is 3770. The Morgan fingerprint density at radius 3 is 1.50 bits per heavy atom. The molecule has 68 heavy (non-hydrogen) atoms. The molecular formula is C63H42N4O. The summed E-state index contributed by atoms with van der Waals surface area (Å²) in [6.07, 6.45) is 0. The van der Waals surface area contributed by atoms with Gasteiger partial charge >= 0.3 is 0 Å². The molecule has 12 rings (SSSR count). The maximum Gasteiger partial charge on any atom is 0.187 e. The lowest BCUT2D eigenvalue weighted by atomic mass is 9.67. The van der Waals surface area contributed by atoms with E-state index in [4.69, 9.17) is 11.0 Å². The highest BCUT2D eigenvalue weighted by Crippen LogP contribution is 2.63. The molecule has 0 bridgehead atoms. The fraction of sp³-hybridized carbons (Fsp3) is 0.0476. The highest BCUT2D eigenvalue weighted by Gasteiger charge is 2.49. The number of hydrogen-bond acceptors (Lipinski definition) is 4. The van der Waals surface area contributed by atoms with E-state index in [1.807, 2.05) is 42.5 Å². The third kappa shape index (κ3) is 6.22. The summed E-state index contributed by atoms with van der Waals surface area (Å²) >= 11 is 0. The summed E-state index contributed by atoms with van der Waals surface area (Å²) in [7, 11) is 0. The molecule has 0 saturated heterocycles. The van der Waals surface area contributed by atoms with Crippen molar-refractivity contribution in [2.24, 2.45) is 0 Å². The van der Waals surface area contributed by atoms with E-state index in [0.29, 0.717) is 11.3 Å². The van der Waals surface area contributed by atoms with Crippen molar-refractivity contribution in [3.63, 3.8) is 0 Å². The summed E-state index contributed by atoms with van der Waals surface area (Å²) < 4.78 is 7.33. The molecule has 0 unspecified atom stereocenters. The van der Waals surface area contributed by atoms with Gasteiger partial charge in [-0.05, 0) is 126 Å². The number of rotatable bonds is 8. The standard InChI is InChI=1S/C63H42N4O/c1-41-22-30-47(31-23-41)66(50-36-28-46(65-3)29-37-50)56-38-54-59(52-19-11-10-18-51(52)56)61-55(63(54,44-14-6-4-7-15-44)45-16-8-5-9-17-45)39-57(60-53-20-12-13-21-58(53)68-62(60)61)67(48-32-24-42(2)25-33-48)49-34-26-43(40-64)27-35-49/h4-39H,1-2H3. The number of benzene rings is 10. The lowest BCUT2D eigenvalue weighted by Crippen LogP contribution is -2.29. The van der Waals surface area contributed by atoms with Crippen molar-refractivity contribution in [2.75, 3.05) is 9.80 Å². The van der Waals surface area contributed by atoms with Gasteiger partial charge in [-0.15, -0.1) is 0 Å². The van der Waals surface area contributed by atoms with E-state index in [9.17, 15) is 5.26 Å². The van der Waals surface area contributed by atoms with Crippen LogP contribution in [0.5, 0.6) is 0 Å². The lowest BCUT2D eigenvalue weighted by Gasteiger charge is -2.36. The van der Waals surface area contributed by atoms with Gasteiger partial charge in [-0.3, -0.25) is 0 Å². The molecule has 5 heteroatoms. The van der Waals surface area contributed by atoms with Gasteiger partial charge < -0.3 is 14.2 Å². The Balaban J connectivity index is 1.28. The largest absolute Gasteiger partial charge is 0.455 e. The van der Waals surface area contributed by atoms with E-state index in [1.165, 1.54) is 5.56 Å². The van der Waals surface area contributed by atoms with Crippen LogP contribution in [0.4, 0.5) is 39.8 Å². The first-order chi connectivity index (χ1) is 33.5. The second-order valence-corrected chi connectivity index (χ2v) is 17.6. The number of fused-ring (bicyclic) bond motifs is 9. The smallest absolute Gasteiger partial charge is 0.187 e. The molecule has 0 amide bonds. The first-order valence-electron chi connectivity index (χ1n) is 22.8. The molecule has 0 radical (unpaired) electrons. The van der Waals surface area contributed by atoms with Crippen LogP contribution in [-0.2, 0) is 5.41 Å². The predicted molar refractivity (Wildman–Crippen MR) is 278 cm³/mol. The summed E-state index contributed by atoms with van der Waals surface area (Å²) in [6.45, 7) is 12.0. The van der Waals surface area contributed by atoms with Gasteiger partial charge in [0, 0.05) is 39.1 Å². The topological polar surface area (TPSA) is 47.8 Å². The molecular weight excluding hydrogens is 829 g/mol. The van der Waals surface area contributed by atoms with Gasteiger partial charge in [0.2, 0.25) is 0 Å². The number of furan rings is 1. The molecule has 320 valence electrons. The van der Waals surface area contributed by atoms with E-state index in [2.05, 4.69) is 210 Å². The molecule has 0 fully saturated rings. The maximum absolute atomic E-state index is 9.93. The van der Waals surface area contributed by atoms with Crippen molar-refractivity contribution in [1.82, 2.24) is 0 Å². The zero-order chi connectivity index (χ0) is 45.9. The van der Waals surface area contributed by atoms with E-state index in [1.54, 1.807) is 0 Å². The first kappa shape index (κ1) is 40.4. The third-order valence-corrected chi connectivity index (χ3v) is 13.7. The van der Waals surface area contributed by atoms with Crippen molar-refractivity contribution in [1.29, 1.82) is 5.26 Å². The molecule has 11 aromatic rings. The fourth-order valence-corrected chi connectivity index (χ4v) is 10.6. The minimum atomic E-state index is -0.857. The van der Waals surface area contributed by atoms with E-state index in [0.717, 1.165) is 106 Å². The molecule has 5 nitrogen and oxygen atoms in total. The van der Waals surface area contributed by atoms with Crippen molar-refractivity contribution in [3.05, 3.63) is 269 Å². The van der Waals surface area contributed by atoms with E-state index < -0.39 is 5.41 Å².